The number of hydrogen-bond donors (Lipinski definition) is 1. The van der Waals surface area contributed by atoms with Crippen molar-refractivity contribution in [2.24, 2.45) is 0 Å². The van der Waals surface area contributed by atoms with Gasteiger partial charge in [0.15, 0.2) is 0 Å². The lowest BCUT2D eigenvalue weighted by Gasteiger charge is -2.17. The number of nitrogens with one attached hydrogen (secondary N) is 1. The quantitative estimate of drug-likeness (QED) is 0.900. The summed E-state index contributed by atoms with van der Waals surface area (Å²) >= 11 is 0. The van der Waals surface area contributed by atoms with Crippen LogP contribution in [0.2, 0.25) is 0 Å². The zero-order valence-electron chi connectivity index (χ0n) is 13.5. The maximum absolute atomic E-state index is 12.3. The Morgan fingerprint density at radius 1 is 1.43 bits per heavy atom. The van der Waals surface area contributed by atoms with Gasteiger partial charge >= 0.3 is 0 Å². The maximum Gasteiger partial charge on any atom is 0.235 e. The fourth-order valence-corrected chi connectivity index (χ4v) is 4.20. The van der Waals surface area contributed by atoms with E-state index in [4.69, 9.17) is 9.47 Å². The molecule has 23 heavy (non-hydrogen) atoms. The lowest BCUT2D eigenvalue weighted by Crippen LogP contribution is -2.31. The molecule has 1 N–H and O–H groups in total. The summed E-state index contributed by atoms with van der Waals surface area (Å²) in [6, 6.07) is 1.87. The third kappa shape index (κ3) is 3.22. The van der Waals surface area contributed by atoms with Crippen molar-refractivity contribution < 1.29 is 13.7 Å². The minimum Gasteiger partial charge on any atom is -0.476 e. The van der Waals surface area contributed by atoms with Crippen molar-refractivity contribution in [3.63, 3.8) is 0 Å². The van der Waals surface area contributed by atoms with Crippen LogP contribution in [-0.4, -0.2) is 52.5 Å². The predicted octanol–water partition coefficient (Wildman–Crippen LogP) is 1.40. The van der Waals surface area contributed by atoms with Gasteiger partial charge in [-0.2, -0.15) is 4.98 Å². The first-order valence-corrected chi connectivity index (χ1v) is 9.51. The van der Waals surface area contributed by atoms with Crippen molar-refractivity contribution in [3.8, 4) is 11.8 Å². The Bertz CT molecular complexity index is 627. The third-order valence-electron chi connectivity index (χ3n) is 4.79. The highest BCUT2D eigenvalue weighted by Crippen LogP contribution is 2.43. The highest BCUT2D eigenvalue weighted by atomic mass is 32.2. The van der Waals surface area contributed by atoms with E-state index in [-0.39, 0.29) is 5.60 Å². The van der Waals surface area contributed by atoms with Crippen LogP contribution in [0.25, 0.3) is 0 Å². The van der Waals surface area contributed by atoms with E-state index in [2.05, 4.69) is 14.6 Å². The Hall–Kier alpha value is -1.18. The standard InChI is InChI=1S/C16H23N3O3S/c1-12-10-13-15(22-16(4-5-16)11-17-23(13)20)18-14(12)21-9-8-19-6-2-3-7-19/h10,17H,2-9,11H2,1H3. The number of aromatic nitrogens is 1. The number of hydrogen-bond acceptors (Lipinski definition) is 5. The van der Waals surface area contributed by atoms with Crippen LogP contribution in [0.15, 0.2) is 11.0 Å². The smallest absolute Gasteiger partial charge is 0.235 e. The minimum absolute atomic E-state index is 0.212. The summed E-state index contributed by atoms with van der Waals surface area (Å²) in [6.07, 6.45) is 4.53. The van der Waals surface area contributed by atoms with Gasteiger partial charge in [0.2, 0.25) is 11.8 Å². The first kappa shape index (κ1) is 15.4. The molecule has 3 aliphatic rings. The number of nitrogens with zero attached hydrogens (tertiary/aromatic N) is 2. The van der Waals surface area contributed by atoms with Crippen LogP contribution in [0.3, 0.4) is 0 Å². The van der Waals surface area contributed by atoms with Crippen LogP contribution >= 0.6 is 0 Å². The highest BCUT2D eigenvalue weighted by molar-refractivity contribution is 7.83. The number of ether oxygens (including phenoxy) is 2. The average Bonchev–Trinajstić information content (AvgIpc) is 3.13. The Labute approximate surface area is 139 Å². The number of pyridine rings is 1. The van der Waals surface area contributed by atoms with Crippen LogP contribution in [0, 0.1) is 6.92 Å². The zero-order valence-corrected chi connectivity index (χ0v) is 14.3. The molecular weight excluding hydrogens is 314 g/mol. The molecule has 1 spiro atoms. The van der Waals surface area contributed by atoms with E-state index in [9.17, 15) is 4.21 Å². The zero-order chi connectivity index (χ0) is 15.9. The van der Waals surface area contributed by atoms with Crippen LogP contribution in [-0.2, 0) is 11.0 Å². The molecule has 0 bridgehead atoms. The van der Waals surface area contributed by atoms with Gasteiger partial charge in [-0.3, -0.25) is 4.90 Å². The van der Waals surface area contributed by atoms with Crippen molar-refractivity contribution in [2.45, 2.75) is 43.1 Å². The first-order chi connectivity index (χ1) is 11.2. The van der Waals surface area contributed by atoms with Gasteiger partial charge in [0.05, 0.1) is 0 Å². The molecule has 0 amide bonds. The predicted molar refractivity (Wildman–Crippen MR) is 87.1 cm³/mol. The Morgan fingerprint density at radius 3 is 2.96 bits per heavy atom. The van der Waals surface area contributed by atoms with Gasteiger partial charge in [0.1, 0.15) is 28.1 Å². The largest absolute Gasteiger partial charge is 0.476 e. The average molecular weight is 337 g/mol. The van der Waals surface area contributed by atoms with E-state index >= 15 is 0 Å². The SMILES string of the molecule is Cc1cc2c(nc1OCCN1CCCC1)OC1(CC1)CNS2=O. The van der Waals surface area contributed by atoms with E-state index in [1.54, 1.807) is 0 Å². The molecule has 4 rings (SSSR count). The van der Waals surface area contributed by atoms with Crippen molar-refractivity contribution in [2.75, 3.05) is 32.8 Å². The lowest BCUT2D eigenvalue weighted by molar-refractivity contribution is 0.169. The Morgan fingerprint density at radius 2 is 2.22 bits per heavy atom. The molecule has 2 fully saturated rings. The van der Waals surface area contributed by atoms with Crippen molar-refractivity contribution in [1.82, 2.24) is 14.6 Å². The first-order valence-electron chi connectivity index (χ1n) is 8.36. The molecule has 6 nitrogen and oxygen atoms in total. The van der Waals surface area contributed by atoms with Gasteiger partial charge in [-0.25, -0.2) is 8.93 Å². The van der Waals surface area contributed by atoms with E-state index in [1.165, 1.54) is 12.8 Å². The molecule has 1 unspecified atom stereocenters. The molecule has 1 aliphatic carbocycles. The van der Waals surface area contributed by atoms with Crippen LogP contribution in [0.1, 0.15) is 31.2 Å². The summed E-state index contributed by atoms with van der Waals surface area (Å²) in [5.74, 6) is 1.06. The molecule has 1 saturated heterocycles. The fraction of sp³-hybridized carbons (Fsp3) is 0.688. The monoisotopic (exact) mass is 337 g/mol. The van der Waals surface area contributed by atoms with Crippen molar-refractivity contribution in [3.05, 3.63) is 11.6 Å². The summed E-state index contributed by atoms with van der Waals surface area (Å²) in [5, 5.41) is 0. The van der Waals surface area contributed by atoms with E-state index in [1.807, 2.05) is 13.0 Å². The van der Waals surface area contributed by atoms with Gasteiger partial charge in [-0.1, -0.05) is 0 Å². The van der Waals surface area contributed by atoms with Gasteiger partial charge in [0.25, 0.3) is 0 Å². The van der Waals surface area contributed by atoms with E-state index < -0.39 is 11.0 Å². The molecule has 1 aromatic rings. The fourth-order valence-electron chi connectivity index (χ4n) is 3.12. The number of fused-ring (bicyclic) bond motifs is 1. The van der Waals surface area contributed by atoms with Gasteiger partial charge < -0.3 is 9.47 Å². The highest BCUT2D eigenvalue weighted by Gasteiger charge is 2.48. The third-order valence-corrected chi connectivity index (χ3v) is 5.89. The Balaban J connectivity index is 1.49. The van der Waals surface area contributed by atoms with Crippen LogP contribution in [0.4, 0.5) is 0 Å². The van der Waals surface area contributed by atoms with Crippen LogP contribution in [0.5, 0.6) is 11.8 Å². The summed E-state index contributed by atoms with van der Waals surface area (Å²) < 4.78 is 27.3. The van der Waals surface area contributed by atoms with Gasteiger partial charge in [0, 0.05) is 18.7 Å². The topological polar surface area (TPSA) is 63.7 Å². The maximum atomic E-state index is 12.3. The van der Waals surface area contributed by atoms with Gasteiger partial charge in [-0.15, -0.1) is 0 Å². The number of aryl methyl sites for hydroxylation is 1. The number of likely N-dealkylation sites (tertiary alicyclic amines) is 1. The van der Waals surface area contributed by atoms with E-state index in [0.717, 1.165) is 38.0 Å². The normalized spacial score (nSPS) is 25.7. The molecule has 3 heterocycles. The molecule has 7 heteroatoms. The second-order valence-electron chi connectivity index (χ2n) is 6.69. The molecule has 2 aliphatic heterocycles. The summed E-state index contributed by atoms with van der Waals surface area (Å²) in [6.45, 7) is 6.43. The molecule has 1 aromatic heterocycles. The van der Waals surface area contributed by atoms with Gasteiger partial charge in [-0.05, 0) is 51.8 Å². The molecule has 0 radical (unpaired) electrons. The molecular formula is C16H23N3O3S. The summed E-state index contributed by atoms with van der Waals surface area (Å²) in [4.78, 5) is 7.56. The second kappa shape index (κ2) is 6.03. The Kier molecular flexibility index (Phi) is 4.03. The summed E-state index contributed by atoms with van der Waals surface area (Å²) in [5.41, 5.74) is 0.686. The summed E-state index contributed by atoms with van der Waals surface area (Å²) in [7, 11) is -1.27. The molecule has 1 atom stereocenters. The van der Waals surface area contributed by atoms with Crippen molar-refractivity contribution in [1.29, 1.82) is 0 Å². The van der Waals surface area contributed by atoms with Crippen LogP contribution < -0.4 is 14.2 Å². The second-order valence-corrected chi connectivity index (χ2v) is 7.95. The number of rotatable bonds is 4. The lowest BCUT2D eigenvalue weighted by atomic mass is 10.3. The van der Waals surface area contributed by atoms with E-state index in [0.29, 0.717) is 29.8 Å². The molecule has 126 valence electrons. The minimum atomic E-state index is -1.27. The van der Waals surface area contributed by atoms with Crippen molar-refractivity contribution >= 4 is 11.0 Å². The molecule has 1 saturated carbocycles. The molecule has 0 aromatic carbocycles.